The second-order valence-electron chi connectivity index (χ2n) is 7.54. The lowest BCUT2D eigenvalue weighted by Gasteiger charge is -2.34. The number of likely N-dealkylation sites (N-methyl/N-ethyl adjacent to an activating group) is 1. The highest BCUT2D eigenvalue weighted by Gasteiger charge is 2.32. The molecule has 0 saturated carbocycles. The van der Waals surface area contributed by atoms with Crippen LogP contribution in [0.3, 0.4) is 0 Å². The maximum Gasteiger partial charge on any atom is 0.416 e. The summed E-state index contributed by atoms with van der Waals surface area (Å²) in [5.74, 6) is -0.435. The first kappa shape index (κ1) is 20.2. The fourth-order valence-electron chi connectivity index (χ4n) is 3.72. The maximum atomic E-state index is 13.5. The average Bonchev–Trinajstić information content (AvgIpc) is 2.73. The highest BCUT2D eigenvalue weighted by molar-refractivity contribution is 6.13. The SMILES string of the molecule is CN1CCN(c2cc(NC(=O)c3cccc4ccccc34)cc(C(F)(F)F)c2)CC1. The Morgan fingerprint density at radius 3 is 2.37 bits per heavy atom. The molecule has 0 bridgehead atoms. The van der Waals surface area contributed by atoms with Crippen molar-refractivity contribution >= 4 is 28.1 Å². The van der Waals surface area contributed by atoms with Crippen molar-refractivity contribution in [2.24, 2.45) is 0 Å². The van der Waals surface area contributed by atoms with E-state index in [-0.39, 0.29) is 5.69 Å². The molecule has 0 unspecified atom stereocenters. The summed E-state index contributed by atoms with van der Waals surface area (Å²) < 4.78 is 40.5. The Hall–Kier alpha value is -3.06. The molecule has 7 heteroatoms. The number of hydrogen-bond acceptors (Lipinski definition) is 3. The Kier molecular flexibility index (Phi) is 5.39. The van der Waals surface area contributed by atoms with Gasteiger partial charge in [0.15, 0.2) is 0 Å². The molecule has 4 nitrogen and oxygen atoms in total. The van der Waals surface area contributed by atoms with E-state index in [0.29, 0.717) is 24.3 Å². The number of carbonyl (C=O) groups excluding carboxylic acids is 1. The van der Waals surface area contributed by atoms with Crippen molar-refractivity contribution in [3.8, 4) is 0 Å². The number of amides is 1. The zero-order valence-corrected chi connectivity index (χ0v) is 16.5. The molecule has 156 valence electrons. The van der Waals surface area contributed by atoms with Crippen LogP contribution < -0.4 is 10.2 Å². The van der Waals surface area contributed by atoms with Gasteiger partial charge in [0.1, 0.15) is 0 Å². The summed E-state index contributed by atoms with van der Waals surface area (Å²) in [5, 5.41) is 4.32. The quantitative estimate of drug-likeness (QED) is 0.666. The third-order valence-corrected chi connectivity index (χ3v) is 5.41. The molecule has 0 atom stereocenters. The van der Waals surface area contributed by atoms with E-state index >= 15 is 0 Å². The Bertz CT molecular complexity index is 1070. The van der Waals surface area contributed by atoms with E-state index in [1.807, 2.05) is 42.3 Å². The molecule has 1 aliphatic heterocycles. The van der Waals surface area contributed by atoms with Gasteiger partial charge in [-0.2, -0.15) is 13.2 Å². The van der Waals surface area contributed by atoms with Crippen LogP contribution in [0.25, 0.3) is 10.8 Å². The fourth-order valence-corrected chi connectivity index (χ4v) is 3.72. The number of carbonyl (C=O) groups is 1. The van der Waals surface area contributed by atoms with Crippen LogP contribution in [-0.4, -0.2) is 44.0 Å². The number of nitrogens with zero attached hydrogens (tertiary/aromatic N) is 2. The van der Waals surface area contributed by atoms with E-state index in [9.17, 15) is 18.0 Å². The molecule has 3 aromatic carbocycles. The second-order valence-corrected chi connectivity index (χ2v) is 7.54. The Morgan fingerprint density at radius 2 is 1.63 bits per heavy atom. The third kappa shape index (κ3) is 4.26. The highest BCUT2D eigenvalue weighted by atomic mass is 19.4. The molecule has 3 aromatic rings. The summed E-state index contributed by atoms with van der Waals surface area (Å²) in [6, 6.07) is 16.5. The van der Waals surface area contributed by atoms with Crippen LogP contribution in [0.2, 0.25) is 0 Å². The average molecular weight is 413 g/mol. The van der Waals surface area contributed by atoms with Crippen LogP contribution in [-0.2, 0) is 6.18 Å². The number of halogens is 3. The molecule has 4 rings (SSSR count). The summed E-state index contributed by atoms with van der Waals surface area (Å²) in [7, 11) is 1.99. The summed E-state index contributed by atoms with van der Waals surface area (Å²) in [5.41, 5.74) is 0.252. The fraction of sp³-hybridized carbons (Fsp3) is 0.261. The first-order valence-electron chi connectivity index (χ1n) is 9.76. The van der Waals surface area contributed by atoms with Gasteiger partial charge in [-0.15, -0.1) is 0 Å². The van der Waals surface area contributed by atoms with Crippen molar-refractivity contribution in [3.63, 3.8) is 0 Å². The predicted molar refractivity (Wildman–Crippen MR) is 113 cm³/mol. The van der Waals surface area contributed by atoms with Crippen molar-refractivity contribution in [2.45, 2.75) is 6.18 Å². The minimum absolute atomic E-state index is 0.136. The van der Waals surface area contributed by atoms with Gasteiger partial charge in [0.25, 0.3) is 5.91 Å². The largest absolute Gasteiger partial charge is 0.416 e. The van der Waals surface area contributed by atoms with E-state index in [0.717, 1.165) is 36.0 Å². The highest BCUT2D eigenvalue weighted by Crippen LogP contribution is 2.35. The molecule has 1 aliphatic rings. The number of rotatable bonds is 3. The minimum Gasteiger partial charge on any atom is -0.369 e. The molecule has 30 heavy (non-hydrogen) atoms. The van der Waals surface area contributed by atoms with Gasteiger partial charge in [0, 0.05) is 43.1 Å². The summed E-state index contributed by atoms with van der Waals surface area (Å²) >= 11 is 0. The monoisotopic (exact) mass is 413 g/mol. The van der Waals surface area contributed by atoms with Gasteiger partial charge in [-0.25, -0.2) is 0 Å². The second kappa shape index (κ2) is 7.99. The van der Waals surface area contributed by atoms with Gasteiger partial charge >= 0.3 is 6.18 Å². The number of piperazine rings is 1. The molecule has 1 heterocycles. The number of anilines is 2. The van der Waals surface area contributed by atoms with Crippen LogP contribution in [0.4, 0.5) is 24.5 Å². The van der Waals surface area contributed by atoms with Gasteiger partial charge < -0.3 is 15.1 Å². The van der Waals surface area contributed by atoms with Gasteiger partial charge in [-0.3, -0.25) is 4.79 Å². The van der Waals surface area contributed by atoms with Crippen LogP contribution >= 0.6 is 0 Å². The van der Waals surface area contributed by atoms with Gasteiger partial charge in [0.05, 0.1) is 5.56 Å². The summed E-state index contributed by atoms with van der Waals surface area (Å²) in [6.07, 6.45) is -4.50. The molecule has 0 aromatic heterocycles. The molecule has 1 amide bonds. The lowest BCUT2D eigenvalue weighted by atomic mass is 10.0. The molecule has 0 radical (unpaired) electrons. The Labute approximate surface area is 172 Å². The van der Waals surface area contributed by atoms with Crippen LogP contribution in [0.5, 0.6) is 0 Å². The first-order valence-corrected chi connectivity index (χ1v) is 9.76. The molecule has 1 saturated heterocycles. The predicted octanol–water partition coefficient (Wildman–Crippen LogP) is 4.86. The van der Waals surface area contributed by atoms with Crippen molar-refractivity contribution in [1.29, 1.82) is 0 Å². The van der Waals surface area contributed by atoms with E-state index in [4.69, 9.17) is 0 Å². The first-order chi connectivity index (χ1) is 14.3. The van der Waals surface area contributed by atoms with Gasteiger partial charge in [-0.1, -0.05) is 36.4 Å². The van der Waals surface area contributed by atoms with E-state index in [1.54, 1.807) is 18.2 Å². The number of fused-ring (bicyclic) bond motifs is 1. The van der Waals surface area contributed by atoms with Crippen molar-refractivity contribution in [1.82, 2.24) is 4.90 Å². The summed E-state index contributed by atoms with van der Waals surface area (Å²) in [4.78, 5) is 17.0. The van der Waals surface area contributed by atoms with Crippen molar-refractivity contribution in [2.75, 3.05) is 43.4 Å². The topological polar surface area (TPSA) is 35.6 Å². The van der Waals surface area contributed by atoms with Crippen LogP contribution in [0.1, 0.15) is 15.9 Å². The minimum atomic E-state index is -4.50. The maximum absolute atomic E-state index is 13.5. The van der Waals surface area contributed by atoms with E-state index in [2.05, 4.69) is 10.2 Å². The zero-order chi connectivity index (χ0) is 21.3. The van der Waals surface area contributed by atoms with Crippen molar-refractivity contribution in [3.05, 3.63) is 71.8 Å². The van der Waals surface area contributed by atoms with Crippen molar-refractivity contribution < 1.29 is 18.0 Å². The van der Waals surface area contributed by atoms with Crippen LogP contribution in [0.15, 0.2) is 60.7 Å². The van der Waals surface area contributed by atoms with Gasteiger partial charge in [0.2, 0.25) is 0 Å². The van der Waals surface area contributed by atoms with Gasteiger partial charge in [-0.05, 0) is 42.1 Å². The number of hydrogen-bond donors (Lipinski definition) is 1. The number of nitrogens with one attached hydrogen (secondary N) is 1. The lowest BCUT2D eigenvalue weighted by Crippen LogP contribution is -2.44. The Morgan fingerprint density at radius 1 is 0.933 bits per heavy atom. The number of benzene rings is 3. The van der Waals surface area contributed by atoms with E-state index < -0.39 is 17.6 Å². The third-order valence-electron chi connectivity index (χ3n) is 5.41. The molecular weight excluding hydrogens is 391 g/mol. The number of alkyl halides is 3. The molecule has 0 aliphatic carbocycles. The molecule has 1 fully saturated rings. The summed E-state index contributed by atoms with van der Waals surface area (Å²) in [6.45, 7) is 2.81. The molecule has 0 spiro atoms. The smallest absolute Gasteiger partial charge is 0.369 e. The van der Waals surface area contributed by atoms with Crippen LogP contribution in [0, 0.1) is 0 Å². The van der Waals surface area contributed by atoms with E-state index in [1.165, 1.54) is 0 Å². The lowest BCUT2D eigenvalue weighted by molar-refractivity contribution is -0.137. The molecular formula is C23H22F3N3O. The standard InChI is InChI=1S/C23H22F3N3O/c1-28-9-11-29(12-10-28)19-14-17(23(24,25)26)13-18(15-19)27-22(30)21-8-4-6-16-5-2-3-7-20(16)21/h2-8,13-15H,9-12H2,1H3,(H,27,30). The molecule has 1 N–H and O–H groups in total. The zero-order valence-electron chi connectivity index (χ0n) is 16.5. The normalized spacial score (nSPS) is 15.4. The Balaban J connectivity index is 1.67.